The van der Waals surface area contributed by atoms with Crippen molar-refractivity contribution in [1.29, 1.82) is 5.26 Å². The number of likely N-dealkylation sites (N-methyl/N-ethyl adjacent to an activating group) is 1. The third-order valence-electron chi connectivity index (χ3n) is 2.90. The Balaban J connectivity index is 2.41. The van der Waals surface area contributed by atoms with Gasteiger partial charge < -0.3 is 9.64 Å². The minimum atomic E-state index is -4.44. The Morgan fingerprint density at radius 1 is 1.53 bits per heavy atom. The fraction of sp³-hybridized carbons (Fsp3) is 0.800. The van der Waals surface area contributed by atoms with Gasteiger partial charge in [0.05, 0.1) is 6.07 Å². The van der Waals surface area contributed by atoms with Gasteiger partial charge in [-0.1, -0.05) is 0 Å². The Morgan fingerprint density at radius 3 is 2.47 bits per heavy atom. The van der Waals surface area contributed by atoms with Crippen LogP contribution in [0.1, 0.15) is 19.3 Å². The van der Waals surface area contributed by atoms with Crippen LogP contribution >= 0.6 is 0 Å². The lowest BCUT2D eigenvalue weighted by Crippen LogP contribution is -2.54. The fourth-order valence-electron chi connectivity index (χ4n) is 1.62. The summed E-state index contributed by atoms with van der Waals surface area (Å²) in [6.45, 7) is -2.11. The van der Waals surface area contributed by atoms with E-state index in [1.165, 1.54) is 11.9 Å². The van der Waals surface area contributed by atoms with Crippen LogP contribution in [0.15, 0.2) is 0 Å². The van der Waals surface area contributed by atoms with Gasteiger partial charge in [-0.25, -0.2) is 0 Å². The smallest absolute Gasteiger partial charge is 0.362 e. The first-order chi connectivity index (χ1) is 7.81. The van der Waals surface area contributed by atoms with Gasteiger partial charge in [0.2, 0.25) is 5.91 Å². The number of alkyl halides is 3. The van der Waals surface area contributed by atoms with Gasteiger partial charge in [0.15, 0.2) is 0 Å². The number of carbonyl (C=O) groups excluding carboxylic acids is 1. The molecule has 96 valence electrons. The fourth-order valence-corrected chi connectivity index (χ4v) is 1.62. The van der Waals surface area contributed by atoms with Crippen molar-refractivity contribution >= 4 is 5.91 Å². The molecule has 7 heteroatoms. The molecule has 0 N–H and O–H groups in total. The summed E-state index contributed by atoms with van der Waals surface area (Å²) in [5.41, 5.74) is -0.849. The lowest BCUT2D eigenvalue weighted by atomic mass is 9.77. The second kappa shape index (κ2) is 4.92. The van der Waals surface area contributed by atoms with Gasteiger partial charge in [-0.15, -0.1) is 0 Å². The van der Waals surface area contributed by atoms with E-state index in [1.807, 2.05) is 6.07 Å². The minimum absolute atomic E-state index is 0.561. The highest BCUT2D eigenvalue weighted by Crippen LogP contribution is 2.36. The lowest BCUT2D eigenvalue weighted by Gasteiger charge is -2.42. The zero-order chi connectivity index (χ0) is 13.1. The largest absolute Gasteiger partial charge is 0.411 e. The molecule has 0 spiro atoms. The van der Waals surface area contributed by atoms with Crippen molar-refractivity contribution < 1.29 is 22.7 Å². The molecule has 1 saturated carbocycles. The highest BCUT2D eigenvalue weighted by molar-refractivity contribution is 5.78. The monoisotopic (exact) mass is 250 g/mol. The van der Waals surface area contributed by atoms with Crippen molar-refractivity contribution in [3.8, 4) is 6.07 Å². The van der Waals surface area contributed by atoms with Crippen molar-refractivity contribution in [2.75, 3.05) is 20.3 Å². The second-order valence-electron chi connectivity index (χ2n) is 4.06. The lowest BCUT2D eigenvalue weighted by molar-refractivity contribution is -0.178. The summed E-state index contributed by atoms with van der Waals surface area (Å²) >= 11 is 0. The van der Waals surface area contributed by atoms with Crippen LogP contribution in [0.3, 0.4) is 0 Å². The predicted molar refractivity (Wildman–Crippen MR) is 51.8 cm³/mol. The van der Waals surface area contributed by atoms with Gasteiger partial charge in [0.25, 0.3) is 0 Å². The second-order valence-corrected chi connectivity index (χ2v) is 4.06. The first kappa shape index (κ1) is 13.8. The number of amides is 1. The van der Waals surface area contributed by atoms with Crippen molar-refractivity contribution in [3.05, 3.63) is 0 Å². The molecule has 0 aromatic carbocycles. The van der Waals surface area contributed by atoms with Crippen LogP contribution < -0.4 is 0 Å². The molecule has 0 unspecified atom stereocenters. The van der Waals surface area contributed by atoms with Gasteiger partial charge in [-0.05, 0) is 19.3 Å². The molecular weight excluding hydrogens is 237 g/mol. The maximum atomic E-state index is 11.8. The topological polar surface area (TPSA) is 53.3 Å². The maximum Gasteiger partial charge on any atom is 0.411 e. The first-order valence-electron chi connectivity index (χ1n) is 5.13. The Kier molecular flexibility index (Phi) is 3.98. The summed E-state index contributed by atoms with van der Waals surface area (Å²) in [4.78, 5) is 12.7. The summed E-state index contributed by atoms with van der Waals surface area (Å²) in [6, 6.07) is 2.03. The standard InChI is InChI=1S/C10H13F3N2O2/c1-15(9(6-14)3-2-4-9)8(16)5-17-7-10(11,12)13/h2-5,7H2,1H3. The molecule has 17 heavy (non-hydrogen) atoms. The van der Waals surface area contributed by atoms with Crippen molar-refractivity contribution in [1.82, 2.24) is 4.90 Å². The third kappa shape index (κ3) is 3.33. The highest BCUT2D eigenvalue weighted by Gasteiger charge is 2.43. The van der Waals surface area contributed by atoms with Crippen LogP contribution in [0.5, 0.6) is 0 Å². The summed E-state index contributed by atoms with van der Waals surface area (Å²) in [6.07, 6.45) is -2.48. The number of nitrogens with zero attached hydrogens (tertiary/aromatic N) is 2. The molecule has 0 bridgehead atoms. The molecule has 1 rings (SSSR count). The molecule has 0 aromatic rings. The molecule has 1 aliphatic carbocycles. The average molecular weight is 250 g/mol. The third-order valence-corrected chi connectivity index (χ3v) is 2.90. The van der Waals surface area contributed by atoms with E-state index in [1.54, 1.807) is 0 Å². The Labute approximate surface area is 96.9 Å². The molecule has 0 atom stereocenters. The van der Waals surface area contributed by atoms with E-state index >= 15 is 0 Å². The van der Waals surface area contributed by atoms with E-state index < -0.39 is 30.8 Å². The zero-order valence-electron chi connectivity index (χ0n) is 9.38. The minimum Gasteiger partial charge on any atom is -0.362 e. The van der Waals surface area contributed by atoms with Gasteiger partial charge in [-0.2, -0.15) is 18.4 Å². The summed E-state index contributed by atoms with van der Waals surface area (Å²) in [5, 5.41) is 8.95. The molecular formula is C10H13F3N2O2. The number of carbonyl (C=O) groups is 1. The number of nitriles is 1. The van der Waals surface area contributed by atoms with Gasteiger partial charge in [-0.3, -0.25) is 4.79 Å². The van der Waals surface area contributed by atoms with Crippen LogP contribution in [-0.4, -0.2) is 42.8 Å². The Morgan fingerprint density at radius 2 is 2.12 bits per heavy atom. The van der Waals surface area contributed by atoms with E-state index in [4.69, 9.17) is 5.26 Å². The molecule has 0 saturated heterocycles. The maximum absolute atomic E-state index is 11.8. The van der Waals surface area contributed by atoms with Crippen LogP contribution in [0.25, 0.3) is 0 Å². The van der Waals surface area contributed by atoms with Crippen molar-refractivity contribution in [3.63, 3.8) is 0 Å². The summed E-state index contributed by atoms with van der Waals surface area (Å²) < 4.78 is 39.6. The normalized spacial score (nSPS) is 18.1. The molecule has 1 aliphatic rings. The van der Waals surface area contributed by atoms with Crippen LogP contribution in [-0.2, 0) is 9.53 Å². The van der Waals surface area contributed by atoms with Crippen molar-refractivity contribution in [2.24, 2.45) is 0 Å². The highest BCUT2D eigenvalue weighted by atomic mass is 19.4. The van der Waals surface area contributed by atoms with E-state index in [0.29, 0.717) is 12.8 Å². The number of hydrogen-bond acceptors (Lipinski definition) is 3. The number of rotatable bonds is 4. The molecule has 0 heterocycles. The van der Waals surface area contributed by atoms with Gasteiger partial charge in [0, 0.05) is 7.05 Å². The van der Waals surface area contributed by atoms with Crippen molar-refractivity contribution in [2.45, 2.75) is 31.0 Å². The molecule has 0 radical (unpaired) electrons. The number of hydrogen-bond donors (Lipinski definition) is 0. The molecule has 1 fully saturated rings. The molecule has 0 aromatic heterocycles. The molecule has 0 aliphatic heterocycles. The van der Waals surface area contributed by atoms with Gasteiger partial charge in [0.1, 0.15) is 18.8 Å². The van der Waals surface area contributed by atoms with Gasteiger partial charge >= 0.3 is 6.18 Å². The molecule has 1 amide bonds. The Hall–Kier alpha value is -1.29. The molecule has 4 nitrogen and oxygen atoms in total. The van der Waals surface area contributed by atoms with Crippen LogP contribution in [0.2, 0.25) is 0 Å². The van der Waals surface area contributed by atoms with E-state index in [-0.39, 0.29) is 0 Å². The van der Waals surface area contributed by atoms with Crippen LogP contribution in [0, 0.1) is 11.3 Å². The first-order valence-corrected chi connectivity index (χ1v) is 5.13. The van der Waals surface area contributed by atoms with E-state index in [9.17, 15) is 18.0 Å². The van der Waals surface area contributed by atoms with Crippen LogP contribution in [0.4, 0.5) is 13.2 Å². The predicted octanol–water partition coefficient (Wildman–Crippen LogP) is 1.47. The summed E-state index contributed by atoms with van der Waals surface area (Å²) in [5.74, 6) is -0.601. The average Bonchev–Trinajstić information content (AvgIpc) is 2.14. The SMILES string of the molecule is CN(C(=O)COCC(F)(F)F)C1(C#N)CCC1. The van der Waals surface area contributed by atoms with E-state index in [2.05, 4.69) is 4.74 Å². The summed E-state index contributed by atoms with van der Waals surface area (Å²) in [7, 11) is 1.42. The quantitative estimate of drug-likeness (QED) is 0.759. The zero-order valence-corrected chi connectivity index (χ0v) is 9.38. The van der Waals surface area contributed by atoms with E-state index in [0.717, 1.165) is 6.42 Å². The Bertz CT molecular complexity index is 331. The number of ether oxygens (including phenoxy) is 1. The number of halogens is 3.